The van der Waals surface area contributed by atoms with E-state index in [2.05, 4.69) is 5.32 Å². The summed E-state index contributed by atoms with van der Waals surface area (Å²) in [5, 5.41) is 2.52. The number of piperidine rings is 1. The average Bonchev–Trinajstić information content (AvgIpc) is 2.48. The predicted octanol–water partition coefficient (Wildman–Crippen LogP) is 3.16. The fourth-order valence-corrected chi connectivity index (χ4v) is 4.24. The smallest absolute Gasteiger partial charge is 0.407 e. The first-order valence-electron chi connectivity index (χ1n) is 7.94. The molecule has 0 atom stereocenters. The van der Waals surface area contributed by atoms with Gasteiger partial charge in [0, 0.05) is 19.1 Å². The molecule has 25 heavy (non-hydrogen) atoms. The number of rotatable bonds is 3. The van der Waals surface area contributed by atoms with Gasteiger partial charge in [-0.3, -0.25) is 0 Å². The predicted molar refractivity (Wildman–Crippen MR) is 92.6 cm³/mol. The van der Waals surface area contributed by atoms with Gasteiger partial charge in [-0.25, -0.2) is 17.6 Å². The Morgan fingerprint density at radius 2 is 1.92 bits per heavy atom. The van der Waals surface area contributed by atoms with Crippen molar-refractivity contribution in [2.24, 2.45) is 0 Å². The van der Waals surface area contributed by atoms with Crippen LogP contribution in [0.4, 0.5) is 9.18 Å². The zero-order valence-electron chi connectivity index (χ0n) is 14.4. The molecule has 0 aliphatic carbocycles. The fraction of sp³-hybridized carbons (Fsp3) is 0.562. The number of ether oxygens (including phenoxy) is 1. The van der Waals surface area contributed by atoms with Crippen molar-refractivity contribution in [3.05, 3.63) is 29.0 Å². The molecule has 1 saturated heterocycles. The molecule has 0 bridgehead atoms. The lowest BCUT2D eigenvalue weighted by Gasteiger charge is -2.32. The molecule has 1 aliphatic rings. The van der Waals surface area contributed by atoms with Gasteiger partial charge in [0.2, 0.25) is 10.0 Å². The highest BCUT2D eigenvalue weighted by Crippen LogP contribution is 2.24. The van der Waals surface area contributed by atoms with Crippen LogP contribution in [0.1, 0.15) is 33.6 Å². The van der Waals surface area contributed by atoms with Gasteiger partial charge in [-0.1, -0.05) is 11.6 Å². The van der Waals surface area contributed by atoms with E-state index in [1.54, 1.807) is 20.8 Å². The van der Waals surface area contributed by atoms with Crippen molar-refractivity contribution < 1.29 is 22.3 Å². The number of hydrogen-bond donors (Lipinski definition) is 1. The maximum Gasteiger partial charge on any atom is 0.407 e. The molecular formula is C16H22ClFN2O4S. The second-order valence-corrected chi connectivity index (χ2v) is 9.25. The maximum absolute atomic E-state index is 13.2. The van der Waals surface area contributed by atoms with Crippen LogP contribution >= 0.6 is 11.6 Å². The summed E-state index contributed by atoms with van der Waals surface area (Å²) in [6.07, 6.45) is 0.417. The van der Waals surface area contributed by atoms with Crippen molar-refractivity contribution in [1.82, 2.24) is 9.62 Å². The third-order valence-corrected chi connectivity index (χ3v) is 5.89. The summed E-state index contributed by atoms with van der Waals surface area (Å²) in [6.45, 7) is 5.82. The van der Waals surface area contributed by atoms with Gasteiger partial charge in [0.15, 0.2) is 0 Å². The van der Waals surface area contributed by atoms with E-state index in [4.69, 9.17) is 16.3 Å². The minimum Gasteiger partial charge on any atom is -0.444 e. The molecule has 9 heteroatoms. The van der Waals surface area contributed by atoms with Gasteiger partial charge in [0.05, 0.1) is 9.92 Å². The standard InChI is InChI=1S/C16H22ClFN2O4S/c1-16(2,3)24-15(21)19-11-6-8-20(9-7-11)25(22,23)12-4-5-14(18)13(17)10-12/h4-5,10-11H,6-9H2,1-3H3,(H,19,21). The number of carbonyl (C=O) groups excluding carboxylic acids is 1. The summed E-state index contributed by atoms with van der Waals surface area (Å²) in [5.74, 6) is -0.666. The lowest BCUT2D eigenvalue weighted by molar-refractivity contribution is 0.0489. The Kier molecular flexibility index (Phi) is 5.96. The zero-order chi connectivity index (χ0) is 18.8. The Hall–Kier alpha value is -1.38. The first-order chi connectivity index (χ1) is 11.5. The molecule has 6 nitrogen and oxygen atoms in total. The average molecular weight is 393 g/mol. The second kappa shape index (κ2) is 7.47. The zero-order valence-corrected chi connectivity index (χ0v) is 16.0. The fourth-order valence-electron chi connectivity index (χ4n) is 2.50. The summed E-state index contributed by atoms with van der Waals surface area (Å²) in [4.78, 5) is 11.7. The molecule has 1 aliphatic heterocycles. The normalized spacial score (nSPS) is 17.3. The molecule has 1 heterocycles. The molecule has 1 N–H and O–H groups in total. The number of nitrogens with zero attached hydrogens (tertiary/aromatic N) is 1. The molecule has 0 radical (unpaired) electrons. The molecule has 1 aromatic rings. The van der Waals surface area contributed by atoms with Crippen LogP contribution < -0.4 is 5.32 Å². The maximum atomic E-state index is 13.2. The van der Waals surface area contributed by atoms with Crippen LogP contribution in [0.15, 0.2) is 23.1 Å². The summed E-state index contributed by atoms with van der Waals surface area (Å²) >= 11 is 5.67. The van der Waals surface area contributed by atoms with Crippen LogP contribution in [0, 0.1) is 5.82 Å². The lowest BCUT2D eigenvalue weighted by atomic mass is 10.1. The van der Waals surface area contributed by atoms with Crippen molar-refractivity contribution in [3.8, 4) is 0 Å². The Labute approximate surface area is 152 Å². The molecular weight excluding hydrogens is 371 g/mol. The number of benzene rings is 1. The number of sulfonamides is 1. The molecule has 2 rings (SSSR count). The first-order valence-corrected chi connectivity index (χ1v) is 9.75. The summed E-state index contributed by atoms with van der Waals surface area (Å²) in [5.41, 5.74) is -0.587. The van der Waals surface area contributed by atoms with Crippen LogP contribution in [0.5, 0.6) is 0 Å². The van der Waals surface area contributed by atoms with E-state index in [0.29, 0.717) is 12.8 Å². The van der Waals surface area contributed by atoms with E-state index in [-0.39, 0.29) is 29.0 Å². The number of alkyl carbamates (subject to hydrolysis) is 1. The van der Waals surface area contributed by atoms with Crippen LogP contribution in [-0.2, 0) is 14.8 Å². The first kappa shape index (κ1) is 19.9. The molecule has 1 fully saturated rings. The molecule has 0 unspecified atom stereocenters. The Balaban J connectivity index is 1.97. The van der Waals surface area contributed by atoms with Crippen LogP contribution in [0.3, 0.4) is 0 Å². The largest absolute Gasteiger partial charge is 0.444 e. The third kappa shape index (κ3) is 5.29. The van der Waals surface area contributed by atoms with Crippen LogP contribution in [0.2, 0.25) is 5.02 Å². The highest BCUT2D eigenvalue weighted by molar-refractivity contribution is 7.89. The minimum atomic E-state index is -3.74. The van der Waals surface area contributed by atoms with Crippen molar-refractivity contribution in [2.45, 2.75) is 50.2 Å². The molecule has 1 aromatic carbocycles. The van der Waals surface area contributed by atoms with Gasteiger partial charge >= 0.3 is 6.09 Å². The molecule has 1 amide bonds. The monoisotopic (exact) mass is 392 g/mol. The lowest BCUT2D eigenvalue weighted by Crippen LogP contribution is -2.47. The summed E-state index contributed by atoms with van der Waals surface area (Å²) < 4.78 is 44.9. The van der Waals surface area contributed by atoms with Crippen molar-refractivity contribution >= 4 is 27.7 Å². The van der Waals surface area contributed by atoms with E-state index >= 15 is 0 Å². The SMILES string of the molecule is CC(C)(C)OC(=O)NC1CCN(S(=O)(=O)c2ccc(F)c(Cl)c2)CC1. The number of hydrogen-bond acceptors (Lipinski definition) is 4. The number of halogens is 2. The second-order valence-electron chi connectivity index (χ2n) is 6.90. The molecule has 140 valence electrons. The Morgan fingerprint density at radius 3 is 2.44 bits per heavy atom. The Bertz CT molecular complexity index is 741. The van der Waals surface area contributed by atoms with Gasteiger partial charge in [-0.05, 0) is 51.8 Å². The van der Waals surface area contributed by atoms with Gasteiger partial charge in [-0.15, -0.1) is 0 Å². The summed E-state index contributed by atoms with van der Waals surface area (Å²) in [7, 11) is -3.74. The highest BCUT2D eigenvalue weighted by atomic mass is 35.5. The van der Waals surface area contributed by atoms with E-state index in [1.165, 1.54) is 10.4 Å². The molecule has 0 spiro atoms. The van der Waals surface area contributed by atoms with Crippen molar-refractivity contribution in [3.63, 3.8) is 0 Å². The number of nitrogens with one attached hydrogen (secondary N) is 1. The third-order valence-electron chi connectivity index (χ3n) is 3.70. The van der Waals surface area contributed by atoms with Gasteiger partial charge in [0.25, 0.3) is 0 Å². The van der Waals surface area contributed by atoms with E-state index in [9.17, 15) is 17.6 Å². The van der Waals surface area contributed by atoms with Gasteiger partial charge in [-0.2, -0.15) is 4.31 Å². The van der Waals surface area contributed by atoms with E-state index in [0.717, 1.165) is 12.1 Å². The molecule has 0 saturated carbocycles. The number of carbonyl (C=O) groups is 1. The van der Waals surface area contributed by atoms with E-state index < -0.39 is 27.5 Å². The number of amides is 1. The minimum absolute atomic E-state index is 0.0440. The summed E-state index contributed by atoms with van der Waals surface area (Å²) in [6, 6.07) is 3.18. The highest BCUT2D eigenvalue weighted by Gasteiger charge is 2.31. The van der Waals surface area contributed by atoms with E-state index in [1.807, 2.05) is 0 Å². The Morgan fingerprint density at radius 1 is 1.32 bits per heavy atom. The quantitative estimate of drug-likeness (QED) is 0.857. The van der Waals surface area contributed by atoms with Crippen LogP contribution in [-0.4, -0.2) is 43.5 Å². The van der Waals surface area contributed by atoms with Crippen molar-refractivity contribution in [1.29, 1.82) is 0 Å². The van der Waals surface area contributed by atoms with Crippen molar-refractivity contribution in [2.75, 3.05) is 13.1 Å². The molecule has 0 aromatic heterocycles. The van der Waals surface area contributed by atoms with Crippen LogP contribution in [0.25, 0.3) is 0 Å². The van der Waals surface area contributed by atoms with Gasteiger partial charge < -0.3 is 10.1 Å². The topological polar surface area (TPSA) is 75.7 Å². The van der Waals surface area contributed by atoms with Gasteiger partial charge in [0.1, 0.15) is 11.4 Å².